The highest BCUT2D eigenvalue weighted by Crippen LogP contribution is 2.36. The van der Waals surface area contributed by atoms with Crippen molar-refractivity contribution in [1.29, 1.82) is 0 Å². The van der Waals surface area contributed by atoms with Crippen molar-refractivity contribution >= 4 is 5.91 Å². The van der Waals surface area contributed by atoms with E-state index in [-0.39, 0.29) is 30.2 Å². The number of carbonyl (C=O) groups is 1. The van der Waals surface area contributed by atoms with Crippen molar-refractivity contribution in [1.82, 2.24) is 10.2 Å². The van der Waals surface area contributed by atoms with Crippen molar-refractivity contribution in [3.8, 4) is 0 Å². The van der Waals surface area contributed by atoms with Gasteiger partial charge in [0.1, 0.15) is 6.54 Å². The zero-order valence-corrected chi connectivity index (χ0v) is 11.9. The lowest BCUT2D eigenvalue weighted by molar-refractivity contribution is -0.166. The second kappa shape index (κ2) is 6.33. The van der Waals surface area contributed by atoms with Crippen molar-refractivity contribution in [2.75, 3.05) is 19.6 Å². The predicted octanol–water partition coefficient (Wildman–Crippen LogP) is 2.57. The van der Waals surface area contributed by atoms with Crippen LogP contribution in [0.2, 0.25) is 0 Å². The quantitative estimate of drug-likeness (QED) is 0.844. The summed E-state index contributed by atoms with van der Waals surface area (Å²) in [5.41, 5.74) is 0. The first kappa shape index (κ1) is 15.6. The molecule has 2 atom stereocenters. The molecule has 2 fully saturated rings. The number of nitrogens with one attached hydrogen (secondary N) is 1. The standard InChI is InChI=1S/C14H23F3N2O/c1-10(12-4-5-12)19(9-14(15,16)17)13(20)7-11-3-2-6-18-8-11/h10-12,18H,2-9H2,1H3. The van der Waals surface area contributed by atoms with E-state index in [0.29, 0.717) is 0 Å². The number of carbonyl (C=O) groups excluding carboxylic acids is 1. The molecule has 1 saturated carbocycles. The van der Waals surface area contributed by atoms with Crippen LogP contribution >= 0.6 is 0 Å². The first-order valence-corrected chi connectivity index (χ1v) is 7.44. The van der Waals surface area contributed by atoms with Crippen LogP contribution in [0.15, 0.2) is 0 Å². The third-order valence-electron chi connectivity index (χ3n) is 4.33. The lowest BCUT2D eigenvalue weighted by Crippen LogP contribution is -2.46. The van der Waals surface area contributed by atoms with E-state index in [9.17, 15) is 18.0 Å². The topological polar surface area (TPSA) is 32.3 Å². The molecule has 0 spiro atoms. The fraction of sp³-hybridized carbons (Fsp3) is 0.929. The average Bonchev–Trinajstić information content (AvgIpc) is 3.19. The molecule has 1 N–H and O–H groups in total. The molecule has 1 saturated heterocycles. The highest BCUT2D eigenvalue weighted by Gasteiger charge is 2.40. The lowest BCUT2D eigenvalue weighted by Gasteiger charge is -2.32. The van der Waals surface area contributed by atoms with Gasteiger partial charge in [-0.25, -0.2) is 0 Å². The predicted molar refractivity (Wildman–Crippen MR) is 70.2 cm³/mol. The molecule has 3 nitrogen and oxygen atoms in total. The third kappa shape index (κ3) is 4.65. The molecule has 1 aliphatic heterocycles. The fourth-order valence-electron chi connectivity index (χ4n) is 2.95. The van der Waals surface area contributed by atoms with Gasteiger partial charge in [-0.3, -0.25) is 4.79 Å². The van der Waals surface area contributed by atoms with Crippen molar-refractivity contribution in [3.63, 3.8) is 0 Å². The second-order valence-electron chi connectivity index (χ2n) is 6.13. The smallest absolute Gasteiger partial charge is 0.331 e. The SMILES string of the molecule is CC(C1CC1)N(CC(F)(F)F)C(=O)CC1CCCNC1. The number of piperidine rings is 1. The van der Waals surface area contributed by atoms with Crippen molar-refractivity contribution in [3.05, 3.63) is 0 Å². The summed E-state index contributed by atoms with van der Waals surface area (Å²) in [4.78, 5) is 13.3. The number of amides is 1. The summed E-state index contributed by atoms with van der Waals surface area (Å²) in [6, 6.07) is -0.291. The molecular formula is C14H23F3N2O. The van der Waals surface area contributed by atoms with E-state index >= 15 is 0 Å². The molecule has 1 amide bonds. The molecule has 1 heterocycles. The summed E-state index contributed by atoms with van der Waals surface area (Å²) in [6.45, 7) is 2.32. The molecule has 2 aliphatic rings. The van der Waals surface area contributed by atoms with E-state index in [1.807, 2.05) is 0 Å². The molecule has 2 unspecified atom stereocenters. The van der Waals surface area contributed by atoms with Crippen molar-refractivity contribution in [2.24, 2.45) is 11.8 Å². The Morgan fingerprint density at radius 2 is 2.05 bits per heavy atom. The second-order valence-corrected chi connectivity index (χ2v) is 6.13. The first-order valence-electron chi connectivity index (χ1n) is 7.44. The summed E-state index contributed by atoms with van der Waals surface area (Å²) in [5.74, 6) is 0.0968. The minimum Gasteiger partial charge on any atom is -0.331 e. The zero-order chi connectivity index (χ0) is 14.8. The summed E-state index contributed by atoms with van der Waals surface area (Å²) in [5, 5.41) is 3.20. The maximum atomic E-state index is 12.7. The molecule has 2 rings (SSSR count). The molecule has 0 aromatic rings. The number of halogens is 3. The Labute approximate surface area is 117 Å². The number of hydrogen-bond acceptors (Lipinski definition) is 2. The van der Waals surface area contributed by atoms with E-state index in [4.69, 9.17) is 0 Å². The van der Waals surface area contributed by atoms with Gasteiger partial charge in [-0.2, -0.15) is 13.2 Å². The molecule has 116 valence electrons. The van der Waals surface area contributed by atoms with Gasteiger partial charge in [-0.05, 0) is 57.5 Å². The van der Waals surface area contributed by atoms with E-state index in [1.54, 1.807) is 6.92 Å². The maximum absolute atomic E-state index is 12.7. The van der Waals surface area contributed by atoms with Crippen LogP contribution in [0.25, 0.3) is 0 Å². The number of hydrogen-bond donors (Lipinski definition) is 1. The van der Waals surface area contributed by atoms with Gasteiger partial charge in [0.25, 0.3) is 0 Å². The molecule has 0 bridgehead atoms. The third-order valence-corrected chi connectivity index (χ3v) is 4.33. The van der Waals surface area contributed by atoms with Gasteiger partial charge in [0.15, 0.2) is 0 Å². The maximum Gasteiger partial charge on any atom is 0.406 e. The Balaban J connectivity index is 1.94. The van der Waals surface area contributed by atoms with Crippen molar-refractivity contribution < 1.29 is 18.0 Å². The summed E-state index contributed by atoms with van der Waals surface area (Å²) < 4.78 is 38.0. The fourth-order valence-corrected chi connectivity index (χ4v) is 2.95. The molecule has 20 heavy (non-hydrogen) atoms. The van der Waals surface area contributed by atoms with Crippen LogP contribution in [0.5, 0.6) is 0 Å². The lowest BCUT2D eigenvalue weighted by atomic mass is 9.95. The van der Waals surface area contributed by atoms with Gasteiger partial charge in [0, 0.05) is 12.5 Å². The Morgan fingerprint density at radius 3 is 2.55 bits per heavy atom. The Hall–Kier alpha value is -0.780. The van der Waals surface area contributed by atoms with Crippen LogP contribution in [0, 0.1) is 11.8 Å². The molecule has 6 heteroatoms. The first-order chi connectivity index (χ1) is 9.37. The Kier molecular flexibility index (Phi) is 4.94. The van der Waals surface area contributed by atoms with Gasteiger partial charge >= 0.3 is 6.18 Å². The Morgan fingerprint density at radius 1 is 1.35 bits per heavy atom. The molecule has 1 aliphatic carbocycles. The zero-order valence-electron chi connectivity index (χ0n) is 11.9. The number of alkyl halides is 3. The molecule has 0 aromatic heterocycles. The summed E-state index contributed by atoms with van der Waals surface area (Å²) in [7, 11) is 0. The van der Waals surface area contributed by atoms with Crippen molar-refractivity contribution in [2.45, 2.75) is 51.2 Å². The largest absolute Gasteiger partial charge is 0.406 e. The number of rotatable bonds is 5. The van der Waals surface area contributed by atoms with E-state index in [1.165, 1.54) is 0 Å². The van der Waals surface area contributed by atoms with Crippen LogP contribution in [-0.4, -0.2) is 42.7 Å². The van der Waals surface area contributed by atoms with Crippen LogP contribution in [-0.2, 0) is 4.79 Å². The van der Waals surface area contributed by atoms with Gasteiger partial charge in [-0.1, -0.05) is 0 Å². The monoisotopic (exact) mass is 292 g/mol. The minimum atomic E-state index is -4.32. The van der Waals surface area contributed by atoms with Crippen LogP contribution in [0.1, 0.15) is 39.0 Å². The van der Waals surface area contributed by atoms with Crippen LogP contribution in [0.4, 0.5) is 13.2 Å². The van der Waals surface area contributed by atoms with E-state index in [2.05, 4.69) is 5.32 Å². The number of nitrogens with zero attached hydrogens (tertiary/aromatic N) is 1. The molecule has 0 radical (unpaired) electrons. The normalized spacial score (nSPS) is 25.3. The molecular weight excluding hydrogens is 269 g/mol. The summed E-state index contributed by atoms with van der Waals surface area (Å²) >= 11 is 0. The van der Waals surface area contributed by atoms with Gasteiger partial charge < -0.3 is 10.2 Å². The minimum absolute atomic E-state index is 0.179. The van der Waals surface area contributed by atoms with Crippen LogP contribution in [0.3, 0.4) is 0 Å². The Bertz CT molecular complexity index is 336. The van der Waals surface area contributed by atoms with Gasteiger partial charge in [0.2, 0.25) is 5.91 Å². The van der Waals surface area contributed by atoms with Gasteiger partial charge in [0.05, 0.1) is 0 Å². The van der Waals surface area contributed by atoms with E-state index in [0.717, 1.165) is 43.7 Å². The van der Waals surface area contributed by atoms with E-state index < -0.39 is 12.7 Å². The highest BCUT2D eigenvalue weighted by molar-refractivity contribution is 5.77. The highest BCUT2D eigenvalue weighted by atomic mass is 19.4. The van der Waals surface area contributed by atoms with Crippen LogP contribution < -0.4 is 5.32 Å². The summed E-state index contributed by atoms with van der Waals surface area (Å²) in [6.07, 6.45) is -0.281. The van der Waals surface area contributed by atoms with Gasteiger partial charge in [-0.15, -0.1) is 0 Å². The molecule has 0 aromatic carbocycles. The average molecular weight is 292 g/mol.